The highest BCUT2D eigenvalue weighted by atomic mass is 35.5. The van der Waals surface area contributed by atoms with Crippen molar-refractivity contribution in [1.29, 1.82) is 0 Å². The fourth-order valence-corrected chi connectivity index (χ4v) is 2.56. The summed E-state index contributed by atoms with van der Waals surface area (Å²) in [4.78, 5) is 24.6. The molecule has 4 nitrogen and oxygen atoms in total. The number of rotatable bonds is 7. The molecule has 0 heterocycles. The van der Waals surface area contributed by atoms with Gasteiger partial charge in [-0.3, -0.25) is 9.59 Å². The zero-order valence-electron chi connectivity index (χ0n) is 13.6. The van der Waals surface area contributed by atoms with Crippen LogP contribution in [0.15, 0.2) is 54.6 Å². The molecule has 2 aromatic carbocycles. The first-order chi connectivity index (χ1) is 11.6. The Morgan fingerprint density at radius 2 is 1.71 bits per heavy atom. The average Bonchev–Trinajstić information content (AvgIpc) is 2.60. The van der Waals surface area contributed by atoms with Gasteiger partial charge in [-0.25, -0.2) is 0 Å². The molecule has 2 amide bonds. The van der Waals surface area contributed by atoms with Crippen molar-refractivity contribution >= 4 is 23.4 Å². The Kier molecular flexibility index (Phi) is 6.82. The van der Waals surface area contributed by atoms with Crippen LogP contribution in [0.4, 0.5) is 0 Å². The molecule has 0 saturated heterocycles. The Hall–Kier alpha value is -2.33. The highest BCUT2D eigenvalue weighted by Gasteiger charge is 2.20. The van der Waals surface area contributed by atoms with Crippen molar-refractivity contribution in [3.05, 3.63) is 70.7 Å². The van der Waals surface area contributed by atoms with Gasteiger partial charge in [0.1, 0.15) is 0 Å². The van der Waals surface area contributed by atoms with Gasteiger partial charge in [0.15, 0.2) is 0 Å². The second-order valence-electron chi connectivity index (χ2n) is 5.47. The second-order valence-corrected chi connectivity index (χ2v) is 5.88. The van der Waals surface area contributed by atoms with Crippen LogP contribution < -0.4 is 10.6 Å². The highest BCUT2D eigenvalue weighted by molar-refractivity contribution is 6.33. The lowest BCUT2D eigenvalue weighted by molar-refractivity contribution is -0.121. The Bertz CT molecular complexity index is 689. The SMILES string of the molecule is CCCNC(=O)CC(NC(=O)c1ccccc1Cl)c1ccccc1. The molecule has 0 aliphatic heterocycles. The summed E-state index contributed by atoms with van der Waals surface area (Å²) in [6, 6.07) is 15.9. The second kappa shape index (κ2) is 9.08. The van der Waals surface area contributed by atoms with Crippen molar-refractivity contribution < 1.29 is 9.59 Å². The number of amides is 2. The number of benzene rings is 2. The minimum Gasteiger partial charge on any atom is -0.356 e. The van der Waals surface area contributed by atoms with Gasteiger partial charge in [0, 0.05) is 6.54 Å². The van der Waals surface area contributed by atoms with E-state index in [-0.39, 0.29) is 18.2 Å². The van der Waals surface area contributed by atoms with Crippen LogP contribution in [-0.4, -0.2) is 18.4 Å². The molecule has 1 unspecified atom stereocenters. The molecular weight excluding hydrogens is 324 g/mol. The Morgan fingerprint density at radius 1 is 1.04 bits per heavy atom. The summed E-state index contributed by atoms with van der Waals surface area (Å²) >= 11 is 6.08. The van der Waals surface area contributed by atoms with E-state index in [1.54, 1.807) is 24.3 Å². The van der Waals surface area contributed by atoms with Crippen molar-refractivity contribution in [2.45, 2.75) is 25.8 Å². The third-order valence-electron chi connectivity index (χ3n) is 3.59. The van der Waals surface area contributed by atoms with Crippen LogP contribution in [0.3, 0.4) is 0 Å². The monoisotopic (exact) mass is 344 g/mol. The largest absolute Gasteiger partial charge is 0.356 e. The van der Waals surface area contributed by atoms with E-state index in [2.05, 4.69) is 10.6 Å². The van der Waals surface area contributed by atoms with Crippen molar-refractivity contribution in [1.82, 2.24) is 10.6 Å². The molecule has 0 aromatic heterocycles. The third kappa shape index (κ3) is 5.10. The first-order valence-electron chi connectivity index (χ1n) is 7.99. The van der Waals surface area contributed by atoms with Gasteiger partial charge >= 0.3 is 0 Å². The topological polar surface area (TPSA) is 58.2 Å². The predicted octanol–water partition coefficient (Wildman–Crippen LogP) is 3.73. The zero-order valence-corrected chi connectivity index (χ0v) is 14.3. The molecule has 0 aliphatic carbocycles. The minimum atomic E-state index is -0.410. The summed E-state index contributed by atoms with van der Waals surface area (Å²) in [5, 5.41) is 6.14. The summed E-state index contributed by atoms with van der Waals surface area (Å²) in [6.45, 7) is 2.62. The van der Waals surface area contributed by atoms with Gasteiger partial charge in [0.25, 0.3) is 5.91 Å². The molecule has 24 heavy (non-hydrogen) atoms. The highest BCUT2D eigenvalue weighted by Crippen LogP contribution is 2.20. The van der Waals surface area contributed by atoms with E-state index >= 15 is 0 Å². The lowest BCUT2D eigenvalue weighted by Crippen LogP contribution is -2.34. The first kappa shape index (κ1) is 18.0. The fourth-order valence-electron chi connectivity index (χ4n) is 2.34. The van der Waals surface area contributed by atoms with Crippen LogP contribution in [-0.2, 0) is 4.79 Å². The van der Waals surface area contributed by atoms with Crippen molar-refractivity contribution in [3.8, 4) is 0 Å². The molecule has 2 N–H and O–H groups in total. The minimum absolute atomic E-state index is 0.0924. The predicted molar refractivity (Wildman–Crippen MR) is 96.0 cm³/mol. The summed E-state index contributed by atoms with van der Waals surface area (Å²) < 4.78 is 0. The molecule has 0 bridgehead atoms. The van der Waals surface area contributed by atoms with E-state index < -0.39 is 6.04 Å². The summed E-state index contributed by atoms with van der Waals surface area (Å²) in [5.41, 5.74) is 1.28. The van der Waals surface area contributed by atoms with Gasteiger partial charge in [-0.2, -0.15) is 0 Å². The molecule has 0 fully saturated rings. The average molecular weight is 345 g/mol. The molecule has 0 spiro atoms. The zero-order chi connectivity index (χ0) is 17.4. The molecule has 0 saturated carbocycles. The van der Waals surface area contributed by atoms with Crippen molar-refractivity contribution in [2.75, 3.05) is 6.54 Å². The van der Waals surface area contributed by atoms with Crippen LogP contribution in [0.1, 0.15) is 41.7 Å². The van der Waals surface area contributed by atoms with Gasteiger partial charge in [-0.1, -0.05) is 61.0 Å². The van der Waals surface area contributed by atoms with Gasteiger partial charge < -0.3 is 10.6 Å². The van der Waals surface area contributed by atoms with Crippen LogP contribution in [0.5, 0.6) is 0 Å². The number of carbonyl (C=O) groups excluding carboxylic acids is 2. The number of hydrogen-bond donors (Lipinski definition) is 2. The Balaban J connectivity index is 2.15. The van der Waals surface area contributed by atoms with Crippen molar-refractivity contribution in [2.24, 2.45) is 0 Å². The van der Waals surface area contributed by atoms with Gasteiger partial charge in [-0.15, -0.1) is 0 Å². The molecule has 0 aliphatic rings. The Labute approximate surface area is 147 Å². The first-order valence-corrected chi connectivity index (χ1v) is 8.36. The van der Waals surface area contributed by atoms with E-state index in [9.17, 15) is 9.59 Å². The number of hydrogen-bond acceptors (Lipinski definition) is 2. The normalized spacial score (nSPS) is 11.6. The van der Waals surface area contributed by atoms with E-state index in [0.717, 1.165) is 12.0 Å². The molecule has 0 radical (unpaired) electrons. The summed E-state index contributed by atoms with van der Waals surface area (Å²) in [6.07, 6.45) is 1.05. The number of nitrogens with one attached hydrogen (secondary N) is 2. The maximum Gasteiger partial charge on any atom is 0.253 e. The lowest BCUT2D eigenvalue weighted by atomic mass is 10.0. The summed E-state index contributed by atoms with van der Waals surface area (Å²) in [7, 11) is 0. The smallest absolute Gasteiger partial charge is 0.253 e. The quantitative estimate of drug-likeness (QED) is 0.804. The van der Waals surface area contributed by atoms with E-state index in [1.165, 1.54) is 0 Å². The van der Waals surface area contributed by atoms with Crippen molar-refractivity contribution in [3.63, 3.8) is 0 Å². The van der Waals surface area contributed by atoms with Gasteiger partial charge in [0.2, 0.25) is 5.91 Å². The number of halogens is 1. The molecular formula is C19H21ClN2O2. The standard InChI is InChI=1S/C19H21ClN2O2/c1-2-12-21-18(23)13-17(14-8-4-3-5-9-14)22-19(24)15-10-6-7-11-16(15)20/h3-11,17H,2,12-13H2,1H3,(H,21,23)(H,22,24). The van der Waals surface area contributed by atoms with E-state index in [4.69, 9.17) is 11.6 Å². The molecule has 5 heteroatoms. The van der Waals surface area contributed by atoms with Crippen LogP contribution in [0, 0.1) is 0 Å². The van der Waals surface area contributed by atoms with E-state index in [0.29, 0.717) is 17.1 Å². The lowest BCUT2D eigenvalue weighted by Gasteiger charge is -2.19. The summed E-state index contributed by atoms with van der Waals surface area (Å²) in [5.74, 6) is -0.386. The van der Waals surface area contributed by atoms with Crippen LogP contribution in [0.2, 0.25) is 5.02 Å². The molecule has 126 valence electrons. The van der Waals surface area contributed by atoms with Crippen LogP contribution in [0.25, 0.3) is 0 Å². The number of carbonyl (C=O) groups is 2. The Morgan fingerprint density at radius 3 is 2.38 bits per heavy atom. The van der Waals surface area contributed by atoms with Gasteiger partial charge in [0.05, 0.1) is 23.0 Å². The third-order valence-corrected chi connectivity index (χ3v) is 3.92. The maximum atomic E-state index is 12.5. The van der Waals surface area contributed by atoms with Gasteiger partial charge in [-0.05, 0) is 24.1 Å². The molecule has 2 aromatic rings. The molecule has 2 rings (SSSR count). The van der Waals surface area contributed by atoms with E-state index in [1.807, 2.05) is 37.3 Å². The fraction of sp³-hybridized carbons (Fsp3) is 0.263. The van der Waals surface area contributed by atoms with Crippen LogP contribution >= 0.6 is 11.6 Å². The maximum absolute atomic E-state index is 12.5. The molecule has 1 atom stereocenters.